The van der Waals surface area contributed by atoms with Gasteiger partial charge in [0.2, 0.25) is 10.0 Å². The number of ether oxygens (including phenoxy) is 1. The standard InChI is InChI=1S/C23H31N3O4S/c1-4-26(5-2)31(28,29)20-11-12-22(25-13-15-30-16-14-25)21(17-20)23(27)24-18(3)19-9-7-6-8-10-19/h6-12,17-18H,4-5,13-16H2,1-3H3,(H,24,27). The van der Waals surface area contributed by atoms with Gasteiger partial charge in [-0.15, -0.1) is 0 Å². The molecule has 7 nitrogen and oxygen atoms in total. The quantitative estimate of drug-likeness (QED) is 0.676. The Morgan fingerprint density at radius 3 is 2.35 bits per heavy atom. The number of hydrogen-bond acceptors (Lipinski definition) is 5. The second kappa shape index (κ2) is 10.3. The Morgan fingerprint density at radius 2 is 1.74 bits per heavy atom. The van der Waals surface area contributed by atoms with E-state index in [-0.39, 0.29) is 16.8 Å². The Kier molecular flexibility index (Phi) is 7.69. The van der Waals surface area contributed by atoms with Crippen LogP contribution in [0.5, 0.6) is 0 Å². The molecule has 0 saturated carbocycles. The molecular weight excluding hydrogens is 414 g/mol. The summed E-state index contributed by atoms with van der Waals surface area (Å²) in [4.78, 5) is 15.5. The average Bonchev–Trinajstić information content (AvgIpc) is 2.80. The van der Waals surface area contributed by atoms with Crippen molar-refractivity contribution in [1.82, 2.24) is 9.62 Å². The molecule has 1 saturated heterocycles. The highest BCUT2D eigenvalue weighted by molar-refractivity contribution is 7.89. The maximum absolute atomic E-state index is 13.3. The van der Waals surface area contributed by atoms with E-state index >= 15 is 0 Å². The third kappa shape index (κ3) is 5.26. The number of rotatable bonds is 8. The van der Waals surface area contributed by atoms with Crippen molar-refractivity contribution in [2.45, 2.75) is 31.7 Å². The van der Waals surface area contributed by atoms with E-state index < -0.39 is 10.0 Å². The Morgan fingerprint density at radius 1 is 1.10 bits per heavy atom. The van der Waals surface area contributed by atoms with E-state index in [0.29, 0.717) is 45.0 Å². The van der Waals surface area contributed by atoms with Crippen molar-refractivity contribution in [3.63, 3.8) is 0 Å². The smallest absolute Gasteiger partial charge is 0.253 e. The summed E-state index contributed by atoms with van der Waals surface area (Å²) >= 11 is 0. The Labute approximate surface area is 185 Å². The van der Waals surface area contributed by atoms with Gasteiger partial charge in [0.15, 0.2) is 0 Å². The van der Waals surface area contributed by atoms with Gasteiger partial charge in [-0.3, -0.25) is 4.79 Å². The molecule has 0 aromatic heterocycles. The van der Waals surface area contributed by atoms with Gasteiger partial charge in [-0.1, -0.05) is 44.2 Å². The molecule has 0 radical (unpaired) electrons. The van der Waals surface area contributed by atoms with Crippen LogP contribution in [-0.2, 0) is 14.8 Å². The molecule has 1 amide bonds. The highest BCUT2D eigenvalue weighted by Crippen LogP contribution is 2.27. The first-order valence-electron chi connectivity index (χ1n) is 10.7. The van der Waals surface area contributed by atoms with Crippen LogP contribution in [0.15, 0.2) is 53.4 Å². The predicted molar refractivity (Wildman–Crippen MR) is 122 cm³/mol. The maximum Gasteiger partial charge on any atom is 0.253 e. The third-order valence-electron chi connectivity index (χ3n) is 5.55. The Hall–Kier alpha value is -2.42. The Balaban J connectivity index is 1.98. The minimum Gasteiger partial charge on any atom is -0.378 e. The molecule has 31 heavy (non-hydrogen) atoms. The van der Waals surface area contributed by atoms with Gasteiger partial charge in [0.1, 0.15) is 0 Å². The van der Waals surface area contributed by atoms with Crippen LogP contribution >= 0.6 is 0 Å². The first kappa shape index (κ1) is 23.2. The zero-order valence-electron chi connectivity index (χ0n) is 18.4. The fraction of sp³-hybridized carbons (Fsp3) is 0.435. The van der Waals surface area contributed by atoms with E-state index in [1.807, 2.05) is 37.3 Å². The fourth-order valence-electron chi connectivity index (χ4n) is 3.75. The molecule has 2 aromatic rings. The molecule has 0 aliphatic carbocycles. The molecule has 1 aliphatic rings. The number of amides is 1. The van der Waals surface area contributed by atoms with Crippen LogP contribution in [0.3, 0.4) is 0 Å². The molecule has 8 heteroatoms. The predicted octanol–water partition coefficient (Wildman–Crippen LogP) is 3.04. The number of sulfonamides is 1. The van der Waals surface area contributed by atoms with E-state index in [4.69, 9.17) is 4.74 Å². The highest BCUT2D eigenvalue weighted by Gasteiger charge is 2.26. The monoisotopic (exact) mass is 445 g/mol. The van der Waals surface area contributed by atoms with E-state index in [9.17, 15) is 13.2 Å². The van der Waals surface area contributed by atoms with Crippen molar-refractivity contribution in [3.8, 4) is 0 Å². The topological polar surface area (TPSA) is 79.0 Å². The highest BCUT2D eigenvalue weighted by atomic mass is 32.2. The van der Waals surface area contributed by atoms with Crippen molar-refractivity contribution in [1.29, 1.82) is 0 Å². The SMILES string of the molecule is CCN(CC)S(=O)(=O)c1ccc(N2CCOCC2)c(C(=O)NC(C)c2ccccc2)c1. The zero-order chi connectivity index (χ0) is 22.4. The molecule has 1 unspecified atom stereocenters. The van der Waals surface area contributed by atoms with Gasteiger partial charge in [-0.2, -0.15) is 4.31 Å². The lowest BCUT2D eigenvalue weighted by Gasteiger charge is -2.31. The second-order valence-electron chi connectivity index (χ2n) is 7.47. The van der Waals surface area contributed by atoms with E-state index in [1.165, 1.54) is 10.4 Å². The van der Waals surface area contributed by atoms with Crippen molar-refractivity contribution in [3.05, 3.63) is 59.7 Å². The largest absolute Gasteiger partial charge is 0.378 e. The number of anilines is 1. The number of nitrogens with one attached hydrogen (secondary N) is 1. The lowest BCUT2D eigenvalue weighted by Crippen LogP contribution is -2.38. The zero-order valence-corrected chi connectivity index (χ0v) is 19.2. The van der Waals surface area contributed by atoms with Crippen LogP contribution in [0.4, 0.5) is 5.69 Å². The number of benzene rings is 2. The van der Waals surface area contributed by atoms with Crippen molar-refractivity contribution >= 4 is 21.6 Å². The van der Waals surface area contributed by atoms with Gasteiger partial charge in [-0.05, 0) is 30.7 Å². The maximum atomic E-state index is 13.3. The molecule has 1 N–H and O–H groups in total. The van der Waals surface area contributed by atoms with Crippen LogP contribution in [0.25, 0.3) is 0 Å². The summed E-state index contributed by atoms with van der Waals surface area (Å²) in [6.07, 6.45) is 0. The fourth-order valence-corrected chi connectivity index (χ4v) is 5.23. The molecule has 1 heterocycles. The van der Waals surface area contributed by atoms with Crippen LogP contribution in [0.1, 0.15) is 42.7 Å². The first-order valence-corrected chi connectivity index (χ1v) is 12.1. The number of carbonyl (C=O) groups excluding carboxylic acids is 1. The van der Waals surface area contributed by atoms with Crippen molar-refractivity contribution in [2.75, 3.05) is 44.3 Å². The van der Waals surface area contributed by atoms with Gasteiger partial charge >= 0.3 is 0 Å². The first-order chi connectivity index (χ1) is 14.9. The molecule has 2 aromatic carbocycles. The van der Waals surface area contributed by atoms with E-state index in [1.54, 1.807) is 26.0 Å². The number of hydrogen-bond donors (Lipinski definition) is 1. The summed E-state index contributed by atoms with van der Waals surface area (Å²) < 4.78 is 33.0. The van der Waals surface area contributed by atoms with Crippen LogP contribution < -0.4 is 10.2 Å². The van der Waals surface area contributed by atoms with E-state index in [0.717, 1.165) is 11.3 Å². The minimum atomic E-state index is -3.68. The molecule has 1 aliphatic heterocycles. The summed E-state index contributed by atoms with van der Waals surface area (Å²) in [6, 6.07) is 14.3. The Bertz CT molecular complexity index is 985. The minimum absolute atomic E-state index is 0.130. The summed E-state index contributed by atoms with van der Waals surface area (Å²) in [7, 11) is -3.68. The molecule has 3 rings (SSSR count). The lowest BCUT2D eigenvalue weighted by atomic mass is 10.1. The average molecular weight is 446 g/mol. The van der Waals surface area contributed by atoms with Crippen molar-refractivity contribution < 1.29 is 17.9 Å². The van der Waals surface area contributed by atoms with Crippen LogP contribution in [0.2, 0.25) is 0 Å². The van der Waals surface area contributed by atoms with Gasteiger partial charge in [-0.25, -0.2) is 8.42 Å². The number of morpholine rings is 1. The molecule has 1 fully saturated rings. The molecule has 168 valence electrons. The summed E-state index contributed by atoms with van der Waals surface area (Å²) in [6.45, 7) is 8.71. The van der Waals surface area contributed by atoms with Gasteiger partial charge < -0.3 is 15.0 Å². The lowest BCUT2D eigenvalue weighted by molar-refractivity contribution is 0.0938. The molecular formula is C23H31N3O4S. The normalized spacial score (nSPS) is 15.7. The summed E-state index contributed by atoms with van der Waals surface area (Å²) in [5.41, 5.74) is 2.06. The number of nitrogens with zero attached hydrogens (tertiary/aromatic N) is 2. The van der Waals surface area contributed by atoms with Gasteiger partial charge in [0.25, 0.3) is 5.91 Å². The molecule has 1 atom stereocenters. The molecule has 0 bridgehead atoms. The van der Waals surface area contributed by atoms with Crippen LogP contribution in [-0.4, -0.2) is 58.0 Å². The summed E-state index contributed by atoms with van der Waals surface area (Å²) in [5.74, 6) is -0.297. The van der Waals surface area contributed by atoms with Crippen molar-refractivity contribution in [2.24, 2.45) is 0 Å². The third-order valence-corrected chi connectivity index (χ3v) is 7.60. The van der Waals surface area contributed by atoms with E-state index in [2.05, 4.69) is 10.2 Å². The molecule has 0 spiro atoms. The van der Waals surface area contributed by atoms with Crippen LogP contribution in [0, 0.1) is 0 Å². The van der Waals surface area contributed by atoms with Gasteiger partial charge in [0.05, 0.1) is 29.7 Å². The number of carbonyl (C=O) groups is 1. The van der Waals surface area contributed by atoms with Gasteiger partial charge in [0, 0.05) is 31.9 Å². The second-order valence-corrected chi connectivity index (χ2v) is 9.41. The summed E-state index contributed by atoms with van der Waals surface area (Å²) in [5, 5.41) is 3.02.